The summed E-state index contributed by atoms with van der Waals surface area (Å²) in [7, 11) is 2.10. The summed E-state index contributed by atoms with van der Waals surface area (Å²) in [5.74, 6) is 0.0334. The molecule has 4 aromatic rings. The second-order valence-corrected chi connectivity index (χ2v) is 6.92. The van der Waals surface area contributed by atoms with Crippen molar-refractivity contribution in [3.8, 4) is 0 Å². The number of hydrogen-bond acceptors (Lipinski definition) is 2. The highest BCUT2D eigenvalue weighted by Gasteiger charge is 2.12. The van der Waals surface area contributed by atoms with Gasteiger partial charge in [-0.25, -0.2) is 0 Å². The molecule has 4 heteroatoms. The van der Waals surface area contributed by atoms with Crippen LogP contribution in [0.25, 0.3) is 21.8 Å². The number of fused-ring (bicyclic) bond motifs is 2. The Labute approximate surface area is 158 Å². The van der Waals surface area contributed by atoms with Gasteiger partial charge in [-0.1, -0.05) is 36.4 Å². The van der Waals surface area contributed by atoms with Gasteiger partial charge < -0.3 is 9.88 Å². The molecule has 0 aliphatic heterocycles. The van der Waals surface area contributed by atoms with E-state index in [-0.39, 0.29) is 5.91 Å². The van der Waals surface area contributed by atoms with Crippen molar-refractivity contribution in [2.24, 2.45) is 7.05 Å². The van der Waals surface area contributed by atoms with E-state index in [4.69, 9.17) is 0 Å². The van der Waals surface area contributed by atoms with Crippen LogP contribution in [0.5, 0.6) is 0 Å². The lowest BCUT2D eigenvalue weighted by atomic mass is 10.0. The first kappa shape index (κ1) is 17.3. The van der Waals surface area contributed by atoms with Crippen LogP contribution in [-0.2, 0) is 18.3 Å². The molecule has 0 atom stereocenters. The molecule has 0 bridgehead atoms. The number of pyridine rings is 1. The van der Waals surface area contributed by atoms with Gasteiger partial charge in [-0.3, -0.25) is 9.78 Å². The fraction of sp³-hybridized carbons (Fsp3) is 0.217. The summed E-state index contributed by atoms with van der Waals surface area (Å²) >= 11 is 0. The monoisotopic (exact) mass is 357 g/mol. The Hall–Kier alpha value is -3.14. The molecule has 0 aliphatic rings. The van der Waals surface area contributed by atoms with Gasteiger partial charge in [0.1, 0.15) is 0 Å². The van der Waals surface area contributed by atoms with E-state index in [0.717, 1.165) is 29.4 Å². The molecule has 0 fully saturated rings. The number of aromatic nitrogens is 2. The summed E-state index contributed by atoms with van der Waals surface area (Å²) in [5, 5.41) is 5.34. The summed E-state index contributed by atoms with van der Waals surface area (Å²) < 4.78 is 2.23. The summed E-state index contributed by atoms with van der Waals surface area (Å²) in [6, 6.07) is 18.2. The number of anilines is 1. The van der Waals surface area contributed by atoms with Crippen molar-refractivity contribution in [3.63, 3.8) is 0 Å². The molecule has 4 nitrogen and oxygen atoms in total. The van der Waals surface area contributed by atoms with Crippen molar-refractivity contribution in [2.45, 2.75) is 26.2 Å². The fourth-order valence-corrected chi connectivity index (χ4v) is 3.76. The van der Waals surface area contributed by atoms with Gasteiger partial charge in [0.25, 0.3) is 0 Å². The lowest BCUT2D eigenvalue weighted by Gasteiger charge is -2.08. The number of rotatable bonds is 5. The van der Waals surface area contributed by atoms with Gasteiger partial charge in [0, 0.05) is 41.6 Å². The topological polar surface area (TPSA) is 46.9 Å². The number of nitrogens with one attached hydrogen (secondary N) is 1. The second-order valence-electron chi connectivity index (χ2n) is 6.92. The molecule has 0 unspecified atom stereocenters. The molecule has 0 saturated heterocycles. The first-order valence-electron chi connectivity index (χ1n) is 9.31. The minimum Gasteiger partial charge on any atom is -0.348 e. The van der Waals surface area contributed by atoms with Crippen LogP contribution in [0, 0.1) is 6.92 Å². The van der Waals surface area contributed by atoms with E-state index in [9.17, 15) is 4.79 Å². The summed E-state index contributed by atoms with van der Waals surface area (Å²) in [5.41, 5.74) is 5.47. The minimum absolute atomic E-state index is 0.0334. The maximum absolute atomic E-state index is 12.5. The van der Waals surface area contributed by atoms with E-state index in [1.54, 1.807) is 6.20 Å². The average molecular weight is 357 g/mol. The van der Waals surface area contributed by atoms with Crippen LogP contribution in [0.2, 0.25) is 0 Å². The molecule has 136 valence electrons. The van der Waals surface area contributed by atoms with Crippen LogP contribution < -0.4 is 5.32 Å². The van der Waals surface area contributed by atoms with Gasteiger partial charge >= 0.3 is 0 Å². The first-order chi connectivity index (χ1) is 13.1. The van der Waals surface area contributed by atoms with E-state index in [1.807, 2.05) is 30.3 Å². The molecule has 4 rings (SSSR count). The van der Waals surface area contributed by atoms with Crippen molar-refractivity contribution >= 4 is 33.4 Å². The molecule has 1 amide bonds. The lowest BCUT2D eigenvalue weighted by molar-refractivity contribution is -0.116. The number of hydrogen-bond donors (Lipinski definition) is 1. The van der Waals surface area contributed by atoms with E-state index in [1.165, 1.54) is 22.2 Å². The van der Waals surface area contributed by atoms with Crippen LogP contribution >= 0.6 is 0 Å². The SMILES string of the molecule is Cc1c(CCCC(=O)Nc2cccc3cccnc23)c2ccccc2n1C. The standard InChI is InChI=1S/C23H23N3O/c1-16-18(19-10-3-4-13-21(19)26(16)2)11-6-14-22(27)25-20-12-5-8-17-9-7-15-24-23(17)20/h3-5,7-10,12-13,15H,6,11,14H2,1-2H3,(H,25,27). The van der Waals surface area contributed by atoms with Crippen LogP contribution in [0.15, 0.2) is 60.8 Å². The van der Waals surface area contributed by atoms with Crippen molar-refractivity contribution in [1.82, 2.24) is 9.55 Å². The Morgan fingerprint density at radius 3 is 2.78 bits per heavy atom. The lowest BCUT2D eigenvalue weighted by Crippen LogP contribution is -2.12. The zero-order valence-corrected chi connectivity index (χ0v) is 15.7. The zero-order chi connectivity index (χ0) is 18.8. The number of carbonyl (C=O) groups is 1. The Kier molecular flexibility index (Phi) is 4.63. The minimum atomic E-state index is 0.0334. The van der Waals surface area contributed by atoms with Gasteiger partial charge in [0.05, 0.1) is 11.2 Å². The normalized spacial score (nSPS) is 11.2. The molecule has 2 heterocycles. The number of aryl methyl sites for hydroxylation is 2. The highest BCUT2D eigenvalue weighted by atomic mass is 16.1. The Balaban J connectivity index is 1.44. The molecular weight excluding hydrogens is 334 g/mol. The molecule has 2 aromatic heterocycles. The van der Waals surface area contributed by atoms with Crippen LogP contribution in [0.3, 0.4) is 0 Å². The number of nitrogens with zero attached hydrogens (tertiary/aromatic N) is 2. The van der Waals surface area contributed by atoms with Crippen LogP contribution in [-0.4, -0.2) is 15.5 Å². The molecule has 0 saturated carbocycles. The maximum Gasteiger partial charge on any atom is 0.224 e. The van der Waals surface area contributed by atoms with Crippen molar-refractivity contribution in [1.29, 1.82) is 0 Å². The number of carbonyl (C=O) groups excluding carboxylic acids is 1. The summed E-state index contributed by atoms with van der Waals surface area (Å²) in [4.78, 5) is 16.8. The molecule has 2 aromatic carbocycles. The van der Waals surface area contributed by atoms with Crippen LogP contribution in [0.4, 0.5) is 5.69 Å². The fourth-order valence-electron chi connectivity index (χ4n) is 3.76. The molecule has 0 spiro atoms. The molecule has 27 heavy (non-hydrogen) atoms. The van der Waals surface area contributed by atoms with E-state index in [2.05, 4.69) is 53.1 Å². The Morgan fingerprint density at radius 2 is 1.89 bits per heavy atom. The third kappa shape index (κ3) is 3.31. The van der Waals surface area contributed by atoms with Gasteiger partial charge in [0.15, 0.2) is 0 Å². The van der Waals surface area contributed by atoms with Gasteiger partial charge in [-0.15, -0.1) is 0 Å². The number of benzene rings is 2. The predicted octanol–water partition coefficient (Wildman–Crippen LogP) is 5.00. The second kappa shape index (κ2) is 7.23. The maximum atomic E-state index is 12.5. The Morgan fingerprint density at radius 1 is 1.07 bits per heavy atom. The highest BCUT2D eigenvalue weighted by Crippen LogP contribution is 2.26. The zero-order valence-electron chi connectivity index (χ0n) is 15.7. The van der Waals surface area contributed by atoms with Gasteiger partial charge in [-0.05, 0) is 43.5 Å². The van der Waals surface area contributed by atoms with Gasteiger partial charge in [0.2, 0.25) is 5.91 Å². The van der Waals surface area contributed by atoms with Gasteiger partial charge in [-0.2, -0.15) is 0 Å². The largest absolute Gasteiger partial charge is 0.348 e. The van der Waals surface area contributed by atoms with Crippen molar-refractivity contribution < 1.29 is 4.79 Å². The van der Waals surface area contributed by atoms with Crippen molar-refractivity contribution in [2.75, 3.05) is 5.32 Å². The molecule has 0 radical (unpaired) electrons. The van der Waals surface area contributed by atoms with E-state index >= 15 is 0 Å². The molecular formula is C23H23N3O. The Bertz CT molecular complexity index is 1120. The number of amides is 1. The van der Waals surface area contributed by atoms with E-state index < -0.39 is 0 Å². The average Bonchev–Trinajstić information content (AvgIpc) is 2.93. The molecule has 0 aliphatic carbocycles. The smallest absolute Gasteiger partial charge is 0.224 e. The van der Waals surface area contributed by atoms with Crippen molar-refractivity contribution in [3.05, 3.63) is 72.1 Å². The predicted molar refractivity (Wildman–Crippen MR) is 111 cm³/mol. The summed E-state index contributed by atoms with van der Waals surface area (Å²) in [6.45, 7) is 2.15. The van der Waals surface area contributed by atoms with E-state index in [0.29, 0.717) is 6.42 Å². The van der Waals surface area contributed by atoms with Crippen LogP contribution in [0.1, 0.15) is 24.1 Å². The quantitative estimate of drug-likeness (QED) is 0.546. The third-order valence-electron chi connectivity index (χ3n) is 5.27. The number of para-hydroxylation sites is 2. The summed E-state index contributed by atoms with van der Waals surface area (Å²) in [6.07, 6.45) is 3.96. The first-order valence-corrected chi connectivity index (χ1v) is 9.31. The highest BCUT2D eigenvalue weighted by molar-refractivity contribution is 6.00. The molecule has 1 N–H and O–H groups in total. The third-order valence-corrected chi connectivity index (χ3v) is 5.27.